The van der Waals surface area contributed by atoms with Crippen LogP contribution < -0.4 is 5.32 Å². The number of amides is 1. The van der Waals surface area contributed by atoms with Gasteiger partial charge < -0.3 is 15.2 Å². The predicted molar refractivity (Wildman–Crippen MR) is 82.4 cm³/mol. The van der Waals surface area contributed by atoms with Gasteiger partial charge in [-0.05, 0) is 24.3 Å². The molecule has 0 bridgehead atoms. The average Bonchev–Trinajstić information content (AvgIpc) is 2.54. The van der Waals surface area contributed by atoms with Crippen molar-refractivity contribution in [3.8, 4) is 0 Å². The summed E-state index contributed by atoms with van der Waals surface area (Å²) in [5.74, 6) is -1.02. The summed E-state index contributed by atoms with van der Waals surface area (Å²) in [6.45, 7) is 2.10. The van der Waals surface area contributed by atoms with E-state index in [0.717, 1.165) is 31.2 Å². The maximum absolute atomic E-state index is 12.1. The Morgan fingerprint density at radius 1 is 1.32 bits per heavy atom. The van der Waals surface area contributed by atoms with Gasteiger partial charge in [0.25, 0.3) is 0 Å². The van der Waals surface area contributed by atoms with E-state index in [0.29, 0.717) is 6.42 Å². The second-order valence-electron chi connectivity index (χ2n) is 5.81. The van der Waals surface area contributed by atoms with Crippen LogP contribution in [0, 0.1) is 5.92 Å². The number of aliphatic carboxylic acids is 1. The van der Waals surface area contributed by atoms with E-state index in [4.69, 9.17) is 4.74 Å². The van der Waals surface area contributed by atoms with Crippen LogP contribution in [0.15, 0.2) is 30.3 Å². The number of rotatable bonds is 5. The third kappa shape index (κ3) is 3.59. The molecule has 0 aliphatic heterocycles. The minimum Gasteiger partial charge on any atom is -0.479 e. The Labute approximate surface area is 130 Å². The molecule has 5 nitrogen and oxygen atoms in total. The molecule has 1 fully saturated rings. The monoisotopic (exact) mass is 305 g/mol. The molecule has 2 N–H and O–H groups in total. The molecule has 0 radical (unpaired) electrons. The SMILES string of the molecule is CC[C@H]1CCCC[C@]1(NC(=O)OCc1ccccc1)C(=O)O. The van der Waals surface area contributed by atoms with Crippen molar-refractivity contribution in [2.24, 2.45) is 5.92 Å². The first-order chi connectivity index (χ1) is 10.6. The molecule has 120 valence electrons. The molecule has 1 aliphatic rings. The highest BCUT2D eigenvalue weighted by Gasteiger charge is 2.48. The van der Waals surface area contributed by atoms with Crippen molar-refractivity contribution in [1.82, 2.24) is 5.32 Å². The third-order valence-corrected chi connectivity index (χ3v) is 4.48. The molecule has 0 unspecified atom stereocenters. The number of carboxylic acids is 1. The highest BCUT2D eigenvalue weighted by Crippen LogP contribution is 2.36. The molecule has 1 aromatic rings. The van der Waals surface area contributed by atoms with E-state index in [1.54, 1.807) is 0 Å². The standard InChI is InChI=1S/C17H23NO4/c1-2-14-10-6-7-11-17(14,15(19)20)18-16(21)22-12-13-8-4-3-5-9-13/h3-5,8-9,14H,2,6-7,10-12H2,1H3,(H,18,21)(H,19,20)/t14-,17+/m0/s1. The normalized spacial score (nSPS) is 24.5. The van der Waals surface area contributed by atoms with Crippen LogP contribution in [0.1, 0.15) is 44.6 Å². The summed E-state index contributed by atoms with van der Waals surface area (Å²) < 4.78 is 5.19. The highest BCUT2D eigenvalue weighted by atomic mass is 16.5. The van der Waals surface area contributed by atoms with E-state index in [1.807, 2.05) is 37.3 Å². The molecule has 22 heavy (non-hydrogen) atoms. The van der Waals surface area contributed by atoms with E-state index in [-0.39, 0.29) is 12.5 Å². The van der Waals surface area contributed by atoms with Gasteiger partial charge in [-0.15, -0.1) is 0 Å². The summed E-state index contributed by atoms with van der Waals surface area (Å²) in [7, 11) is 0. The van der Waals surface area contributed by atoms with Gasteiger partial charge in [0.15, 0.2) is 0 Å². The van der Waals surface area contributed by atoms with E-state index < -0.39 is 17.6 Å². The molecule has 2 atom stereocenters. The first-order valence-corrected chi connectivity index (χ1v) is 7.80. The zero-order chi connectivity index (χ0) is 16.0. The average molecular weight is 305 g/mol. The molecule has 1 aromatic carbocycles. The molecule has 0 aromatic heterocycles. The second kappa shape index (κ2) is 7.29. The van der Waals surface area contributed by atoms with Crippen LogP contribution in [0.4, 0.5) is 4.79 Å². The number of carbonyl (C=O) groups excluding carboxylic acids is 1. The minimum atomic E-state index is -1.19. The van der Waals surface area contributed by atoms with Gasteiger partial charge >= 0.3 is 12.1 Å². The number of benzene rings is 1. The number of alkyl carbamates (subject to hydrolysis) is 1. The zero-order valence-electron chi connectivity index (χ0n) is 12.9. The number of hydrogen-bond donors (Lipinski definition) is 2. The van der Waals surface area contributed by atoms with Gasteiger partial charge in [0.1, 0.15) is 12.1 Å². The topological polar surface area (TPSA) is 75.6 Å². The Balaban J connectivity index is 2.01. The molecule has 1 amide bonds. The van der Waals surface area contributed by atoms with Crippen molar-refractivity contribution in [2.45, 2.75) is 51.2 Å². The zero-order valence-corrected chi connectivity index (χ0v) is 12.9. The first kappa shape index (κ1) is 16.3. The van der Waals surface area contributed by atoms with Crippen molar-refractivity contribution in [2.75, 3.05) is 0 Å². The summed E-state index contributed by atoms with van der Waals surface area (Å²) in [6, 6.07) is 9.33. The molecule has 5 heteroatoms. The lowest BCUT2D eigenvalue weighted by Gasteiger charge is -2.40. The van der Waals surface area contributed by atoms with Crippen molar-refractivity contribution < 1.29 is 19.4 Å². The van der Waals surface area contributed by atoms with Gasteiger partial charge in [-0.1, -0.05) is 56.5 Å². The number of ether oxygens (including phenoxy) is 1. The lowest BCUT2D eigenvalue weighted by atomic mass is 9.71. The molecule has 0 heterocycles. The number of nitrogens with one attached hydrogen (secondary N) is 1. The van der Waals surface area contributed by atoms with Crippen LogP contribution in [0.2, 0.25) is 0 Å². The van der Waals surface area contributed by atoms with E-state index >= 15 is 0 Å². The number of carbonyl (C=O) groups is 2. The van der Waals surface area contributed by atoms with Gasteiger partial charge in [0.05, 0.1) is 0 Å². The number of hydrogen-bond acceptors (Lipinski definition) is 3. The Morgan fingerprint density at radius 3 is 2.68 bits per heavy atom. The molecule has 0 saturated heterocycles. The maximum Gasteiger partial charge on any atom is 0.408 e. The van der Waals surface area contributed by atoms with E-state index in [1.165, 1.54) is 0 Å². The van der Waals surface area contributed by atoms with Crippen molar-refractivity contribution in [3.63, 3.8) is 0 Å². The second-order valence-corrected chi connectivity index (χ2v) is 5.81. The summed E-state index contributed by atoms with van der Waals surface area (Å²) in [5, 5.41) is 12.3. The number of carboxylic acid groups (broad SMARTS) is 1. The van der Waals surface area contributed by atoms with E-state index in [2.05, 4.69) is 5.32 Å². The summed E-state index contributed by atoms with van der Waals surface area (Å²) in [5.41, 5.74) is -0.321. The fraction of sp³-hybridized carbons (Fsp3) is 0.529. The summed E-state index contributed by atoms with van der Waals surface area (Å²) >= 11 is 0. The maximum atomic E-state index is 12.1. The van der Waals surface area contributed by atoms with Crippen molar-refractivity contribution in [3.05, 3.63) is 35.9 Å². The van der Waals surface area contributed by atoms with Crippen LogP contribution >= 0.6 is 0 Å². The molecular formula is C17H23NO4. The Kier molecular flexibility index (Phi) is 5.41. The van der Waals surface area contributed by atoms with Crippen LogP contribution in [0.5, 0.6) is 0 Å². The highest BCUT2D eigenvalue weighted by molar-refractivity contribution is 5.85. The molecular weight excluding hydrogens is 282 g/mol. The van der Waals surface area contributed by atoms with E-state index in [9.17, 15) is 14.7 Å². The predicted octanol–water partition coefficient (Wildman–Crippen LogP) is 3.34. The Bertz CT molecular complexity index is 517. The fourth-order valence-corrected chi connectivity index (χ4v) is 3.24. The summed E-state index contributed by atoms with van der Waals surface area (Å²) in [4.78, 5) is 23.8. The van der Waals surface area contributed by atoms with Crippen LogP contribution in [-0.2, 0) is 16.1 Å². The minimum absolute atomic E-state index is 0.0528. The molecule has 0 spiro atoms. The molecule has 1 saturated carbocycles. The van der Waals surface area contributed by atoms with Gasteiger partial charge in [-0.2, -0.15) is 0 Å². The molecule has 2 rings (SSSR count). The largest absolute Gasteiger partial charge is 0.479 e. The smallest absolute Gasteiger partial charge is 0.408 e. The van der Waals surface area contributed by atoms with Crippen LogP contribution in [0.3, 0.4) is 0 Å². The third-order valence-electron chi connectivity index (χ3n) is 4.48. The summed E-state index contributed by atoms with van der Waals surface area (Å²) in [6.07, 6.45) is 3.16. The molecule has 1 aliphatic carbocycles. The van der Waals surface area contributed by atoms with Gasteiger partial charge in [-0.25, -0.2) is 9.59 Å². The van der Waals surface area contributed by atoms with Gasteiger partial charge in [0.2, 0.25) is 0 Å². The fourth-order valence-electron chi connectivity index (χ4n) is 3.24. The Hall–Kier alpha value is -2.04. The van der Waals surface area contributed by atoms with Gasteiger partial charge in [0, 0.05) is 0 Å². The lowest BCUT2D eigenvalue weighted by Crippen LogP contribution is -2.60. The van der Waals surface area contributed by atoms with Crippen LogP contribution in [-0.4, -0.2) is 22.7 Å². The Morgan fingerprint density at radius 2 is 2.05 bits per heavy atom. The van der Waals surface area contributed by atoms with Crippen LogP contribution in [0.25, 0.3) is 0 Å². The quantitative estimate of drug-likeness (QED) is 0.875. The van der Waals surface area contributed by atoms with Crippen molar-refractivity contribution in [1.29, 1.82) is 0 Å². The van der Waals surface area contributed by atoms with Crippen molar-refractivity contribution >= 4 is 12.1 Å². The van der Waals surface area contributed by atoms with Gasteiger partial charge in [-0.3, -0.25) is 0 Å². The lowest BCUT2D eigenvalue weighted by molar-refractivity contribution is -0.149. The first-order valence-electron chi connectivity index (χ1n) is 7.80.